The maximum absolute atomic E-state index is 12.4. The number of halogens is 3. The number of hydrogen-bond donors (Lipinski definition) is 0. The zero-order chi connectivity index (χ0) is 23.2. The zero-order valence-corrected chi connectivity index (χ0v) is 19.1. The number of oxazole rings is 1. The molecule has 2 aliphatic rings. The Kier molecular flexibility index (Phi) is 5.64. The molecule has 3 aromatic rings. The smallest absolute Gasteiger partial charge is 0.440 e. The topological polar surface area (TPSA) is 69.2 Å². The highest BCUT2D eigenvalue weighted by Gasteiger charge is 2.60. The molecule has 1 aliphatic heterocycles. The summed E-state index contributed by atoms with van der Waals surface area (Å²) in [4.78, 5) is 6.56. The molecule has 1 saturated heterocycles. The third-order valence-corrected chi connectivity index (χ3v) is 7.62. The number of hydrogen-bond acceptors (Lipinski definition) is 7. The van der Waals surface area contributed by atoms with Crippen molar-refractivity contribution >= 4 is 11.8 Å². The summed E-state index contributed by atoms with van der Waals surface area (Å²) in [5.41, 5.74) is 1.97. The maximum Gasteiger partial charge on any atom is 0.573 e. The number of likely N-dealkylation sites (tertiary alicyclic amines) is 1. The highest BCUT2D eigenvalue weighted by atomic mass is 32.2. The van der Waals surface area contributed by atoms with Crippen LogP contribution in [-0.4, -0.2) is 56.4 Å². The van der Waals surface area contributed by atoms with E-state index in [1.54, 1.807) is 23.9 Å². The SMILES string of the molecule is Cc1ncoc1-c1nnc(SCCCN2C[C@H]3CC3(c3ccc(OC(F)(F)F)cc3)C2)n1C. The van der Waals surface area contributed by atoms with Crippen molar-refractivity contribution in [3.8, 4) is 17.3 Å². The number of aryl methyl sites for hydroxylation is 1. The Morgan fingerprint density at radius 2 is 2.03 bits per heavy atom. The van der Waals surface area contributed by atoms with Crippen LogP contribution in [0.4, 0.5) is 13.2 Å². The number of ether oxygens (including phenoxy) is 1. The number of thioether (sulfide) groups is 1. The van der Waals surface area contributed by atoms with Crippen molar-refractivity contribution in [2.24, 2.45) is 13.0 Å². The van der Waals surface area contributed by atoms with Crippen LogP contribution >= 0.6 is 11.8 Å². The molecule has 0 bridgehead atoms. The fraction of sp³-hybridized carbons (Fsp3) is 0.500. The number of aromatic nitrogens is 4. The third-order valence-electron chi connectivity index (χ3n) is 6.51. The molecular weight excluding hydrogens is 455 g/mol. The molecule has 7 nitrogen and oxygen atoms in total. The van der Waals surface area contributed by atoms with Crippen LogP contribution < -0.4 is 4.74 Å². The van der Waals surface area contributed by atoms with Crippen LogP contribution in [0.3, 0.4) is 0 Å². The molecule has 3 heterocycles. The molecule has 0 N–H and O–H groups in total. The van der Waals surface area contributed by atoms with Crippen LogP contribution in [0, 0.1) is 12.8 Å². The molecule has 11 heteroatoms. The summed E-state index contributed by atoms with van der Waals surface area (Å²) in [5.74, 6) is 2.62. The van der Waals surface area contributed by atoms with Gasteiger partial charge in [-0.15, -0.1) is 23.4 Å². The molecule has 2 aromatic heterocycles. The van der Waals surface area contributed by atoms with Gasteiger partial charge in [0.2, 0.25) is 5.82 Å². The second-order valence-electron chi connectivity index (χ2n) is 8.70. The first-order chi connectivity index (χ1) is 15.7. The highest BCUT2D eigenvalue weighted by Crippen LogP contribution is 2.59. The average Bonchev–Trinajstić information content (AvgIpc) is 3.06. The molecule has 0 spiro atoms. The normalized spacial score (nSPS) is 22.5. The van der Waals surface area contributed by atoms with E-state index in [2.05, 4.69) is 24.8 Å². The largest absolute Gasteiger partial charge is 0.573 e. The minimum atomic E-state index is -4.66. The van der Waals surface area contributed by atoms with Crippen molar-refractivity contribution in [1.82, 2.24) is 24.6 Å². The molecule has 1 aliphatic carbocycles. The number of piperidine rings is 1. The van der Waals surface area contributed by atoms with Crippen LogP contribution in [0.15, 0.2) is 40.2 Å². The molecule has 33 heavy (non-hydrogen) atoms. The molecule has 2 atom stereocenters. The van der Waals surface area contributed by atoms with E-state index in [0.717, 1.165) is 54.6 Å². The molecule has 2 fully saturated rings. The summed E-state index contributed by atoms with van der Waals surface area (Å²) in [6, 6.07) is 6.40. The first-order valence-corrected chi connectivity index (χ1v) is 11.7. The van der Waals surface area contributed by atoms with E-state index >= 15 is 0 Å². The van der Waals surface area contributed by atoms with E-state index in [4.69, 9.17) is 4.42 Å². The van der Waals surface area contributed by atoms with Crippen molar-refractivity contribution in [2.45, 2.75) is 36.7 Å². The quantitative estimate of drug-likeness (QED) is 0.350. The number of benzene rings is 1. The second kappa shape index (κ2) is 8.35. The number of nitrogens with zero attached hydrogens (tertiary/aromatic N) is 5. The number of alkyl halides is 3. The molecule has 5 rings (SSSR count). The van der Waals surface area contributed by atoms with Gasteiger partial charge < -0.3 is 18.6 Å². The van der Waals surface area contributed by atoms with Gasteiger partial charge in [-0.1, -0.05) is 23.9 Å². The van der Waals surface area contributed by atoms with Crippen molar-refractivity contribution in [1.29, 1.82) is 0 Å². The lowest BCUT2D eigenvalue weighted by atomic mass is 9.95. The number of rotatable bonds is 8. The summed E-state index contributed by atoms with van der Waals surface area (Å²) in [7, 11) is 1.92. The molecule has 0 amide bonds. The third kappa shape index (κ3) is 4.48. The van der Waals surface area contributed by atoms with Gasteiger partial charge in [0.05, 0.1) is 5.69 Å². The lowest BCUT2D eigenvalue weighted by molar-refractivity contribution is -0.274. The van der Waals surface area contributed by atoms with Gasteiger partial charge in [0.1, 0.15) is 5.75 Å². The maximum atomic E-state index is 12.4. The summed E-state index contributed by atoms with van der Waals surface area (Å²) < 4.78 is 48.5. The zero-order valence-electron chi connectivity index (χ0n) is 18.3. The van der Waals surface area contributed by atoms with Crippen molar-refractivity contribution in [3.63, 3.8) is 0 Å². The summed E-state index contributed by atoms with van der Waals surface area (Å²) >= 11 is 1.66. The molecule has 0 radical (unpaired) electrons. The monoisotopic (exact) mass is 479 g/mol. The van der Waals surface area contributed by atoms with Gasteiger partial charge in [-0.25, -0.2) is 4.98 Å². The first-order valence-electron chi connectivity index (χ1n) is 10.8. The van der Waals surface area contributed by atoms with E-state index in [1.165, 1.54) is 18.5 Å². The Bertz CT molecular complexity index is 1130. The highest BCUT2D eigenvalue weighted by molar-refractivity contribution is 7.99. The Morgan fingerprint density at radius 1 is 1.24 bits per heavy atom. The van der Waals surface area contributed by atoms with Gasteiger partial charge in [0.25, 0.3) is 0 Å². The summed E-state index contributed by atoms with van der Waals surface area (Å²) in [6.07, 6.45) is -1.15. The Morgan fingerprint density at radius 3 is 2.73 bits per heavy atom. The van der Waals surface area contributed by atoms with E-state index in [9.17, 15) is 13.2 Å². The van der Waals surface area contributed by atoms with Crippen LogP contribution in [0.5, 0.6) is 5.75 Å². The van der Waals surface area contributed by atoms with Crippen LogP contribution in [-0.2, 0) is 12.5 Å². The van der Waals surface area contributed by atoms with Gasteiger partial charge in [-0.3, -0.25) is 0 Å². The first kappa shape index (κ1) is 22.3. The van der Waals surface area contributed by atoms with Gasteiger partial charge in [-0.05, 0) is 49.9 Å². The second-order valence-corrected chi connectivity index (χ2v) is 9.76. The Labute approximate surface area is 193 Å². The minimum absolute atomic E-state index is 0.0807. The predicted octanol–water partition coefficient (Wildman–Crippen LogP) is 4.43. The lowest BCUT2D eigenvalue weighted by Crippen LogP contribution is -2.28. The van der Waals surface area contributed by atoms with E-state index in [-0.39, 0.29) is 11.2 Å². The molecular formula is C22H24F3N5O2S. The van der Waals surface area contributed by atoms with Gasteiger partial charge in [0.15, 0.2) is 17.3 Å². The molecule has 1 unspecified atom stereocenters. The van der Waals surface area contributed by atoms with E-state index in [0.29, 0.717) is 17.5 Å². The summed E-state index contributed by atoms with van der Waals surface area (Å²) in [5, 5.41) is 9.35. The van der Waals surface area contributed by atoms with Crippen LogP contribution in [0.2, 0.25) is 0 Å². The molecule has 1 saturated carbocycles. The molecule has 1 aromatic carbocycles. The fourth-order valence-corrected chi connectivity index (χ4v) is 5.63. The Hall–Kier alpha value is -2.53. The fourth-order valence-electron chi connectivity index (χ4n) is 4.80. The standard InChI is InChI=1S/C22H24F3N5O2S/c1-14-18(31-13-26-14)19-27-28-20(29(19)2)33-9-3-8-30-11-16-10-21(16,12-30)15-4-6-17(7-5-15)32-22(23,24)25/h4-7,13,16H,3,8-12H2,1-2H3/t16-,21?/m1/s1. The molecule has 176 valence electrons. The summed E-state index contributed by atoms with van der Waals surface area (Å²) in [6.45, 7) is 4.83. The van der Waals surface area contributed by atoms with Crippen LogP contribution in [0.1, 0.15) is 24.1 Å². The Balaban J connectivity index is 1.11. The van der Waals surface area contributed by atoms with E-state index in [1.807, 2.05) is 18.5 Å². The average molecular weight is 480 g/mol. The lowest BCUT2D eigenvalue weighted by Gasteiger charge is -2.21. The van der Waals surface area contributed by atoms with Gasteiger partial charge in [-0.2, -0.15) is 0 Å². The van der Waals surface area contributed by atoms with Crippen LogP contribution in [0.25, 0.3) is 11.6 Å². The minimum Gasteiger partial charge on any atom is -0.440 e. The van der Waals surface area contributed by atoms with Gasteiger partial charge >= 0.3 is 6.36 Å². The van der Waals surface area contributed by atoms with Gasteiger partial charge in [0, 0.05) is 31.3 Å². The van der Waals surface area contributed by atoms with E-state index < -0.39 is 6.36 Å². The van der Waals surface area contributed by atoms with Crippen molar-refractivity contribution in [2.75, 3.05) is 25.4 Å². The van der Waals surface area contributed by atoms with Crippen molar-refractivity contribution < 1.29 is 22.3 Å². The number of fused-ring (bicyclic) bond motifs is 1. The predicted molar refractivity (Wildman–Crippen MR) is 116 cm³/mol. The van der Waals surface area contributed by atoms with Crippen molar-refractivity contribution in [3.05, 3.63) is 41.9 Å².